The molecule has 1 amide bonds. The zero-order valence-corrected chi connectivity index (χ0v) is 13.3. The van der Waals surface area contributed by atoms with Gasteiger partial charge in [-0.15, -0.1) is 0 Å². The molecule has 2 atom stereocenters. The highest BCUT2D eigenvalue weighted by Gasteiger charge is 2.28. The number of fused-ring (bicyclic) bond motifs is 1. The molecule has 0 unspecified atom stereocenters. The molecule has 3 rings (SSSR count). The van der Waals surface area contributed by atoms with Crippen molar-refractivity contribution in [2.24, 2.45) is 0 Å². The Labute approximate surface area is 129 Å². The van der Waals surface area contributed by atoms with Gasteiger partial charge in [-0.2, -0.15) is 0 Å². The first-order chi connectivity index (χ1) is 10.1. The van der Waals surface area contributed by atoms with Crippen molar-refractivity contribution in [3.05, 3.63) is 24.3 Å². The Morgan fingerprint density at radius 1 is 1.33 bits per heavy atom. The highest BCUT2D eigenvalue weighted by molar-refractivity contribution is 7.99. The lowest BCUT2D eigenvalue weighted by molar-refractivity contribution is -0.134. The van der Waals surface area contributed by atoms with Gasteiger partial charge in [-0.3, -0.25) is 4.79 Å². The molecule has 0 aliphatic carbocycles. The first kappa shape index (κ1) is 14.4. The van der Waals surface area contributed by atoms with Crippen molar-refractivity contribution in [3.63, 3.8) is 0 Å². The van der Waals surface area contributed by atoms with Gasteiger partial charge in [-0.1, -0.05) is 23.9 Å². The summed E-state index contributed by atoms with van der Waals surface area (Å²) < 4.78 is 0. The molecule has 5 heteroatoms. The number of carbonyl (C=O) groups is 1. The minimum absolute atomic E-state index is 0.222. The average Bonchev–Trinajstić information content (AvgIpc) is 2.87. The van der Waals surface area contributed by atoms with Crippen LogP contribution < -0.4 is 0 Å². The average molecular weight is 303 g/mol. The maximum atomic E-state index is 12.5. The summed E-state index contributed by atoms with van der Waals surface area (Å²) in [7, 11) is 0. The number of aromatic nitrogens is 2. The Morgan fingerprint density at radius 3 is 2.76 bits per heavy atom. The van der Waals surface area contributed by atoms with E-state index in [1.807, 2.05) is 24.3 Å². The van der Waals surface area contributed by atoms with Crippen LogP contribution in [0.4, 0.5) is 0 Å². The third-order valence-electron chi connectivity index (χ3n) is 4.18. The number of benzene rings is 1. The topological polar surface area (TPSA) is 49.0 Å². The smallest absolute Gasteiger partial charge is 0.233 e. The Kier molecular flexibility index (Phi) is 4.19. The number of aromatic amines is 1. The molecular formula is C16H21N3OS. The van der Waals surface area contributed by atoms with E-state index in [4.69, 9.17) is 0 Å². The van der Waals surface area contributed by atoms with Crippen molar-refractivity contribution in [2.75, 3.05) is 5.75 Å². The largest absolute Gasteiger partial charge is 0.337 e. The summed E-state index contributed by atoms with van der Waals surface area (Å²) >= 11 is 1.49. The summed E-state index contributed by atoms with van der Waals surface area (Å²) in [5.41, 5.74) is 1.97. The summed E-state index contributed by atoms with van der Waals surface area (Å²) in [6.45, 7) is 4.30. The third kappa shape index (κ3) is 3.07. The summed E-state index contributed by atoms with van der Waals surface area (Å²) in [5.74, 6) is 0.675. The number of nitrogens with one attached hydrogen (secondary N) is 1. The van der Waals surface area contributed by atoms with Crippen LogP contribution >= 0.6 is 11.8 Å². The van der Waals surface area contributed by atoms with E-state index in [-0.39, 0.29) is 5.91 Å². The molecule has 2 heterocycles. The second kappa shape index (κ2) is 6.10. The molecule has 0 radical (unpaired) electrons. The van der Waals surface area contributed by atoms with Gasteiger partial charge in [0.25, 0.3) is 0 Å². The fraction of sp³-hybridized carbons (Fsp3) is 0.500. The maximum Gasteiger partial charge on any atom is 0.233 e. The second-order valence-corrected chi connectivity index (χ2v) is 6.74. The Bertz CT molecular complexity index is 596. The van der Waals surface area contributed by atoms with Crippen molar-refractivity contribution >= 4 is 28.7 Å². The number of imidazole rings is 1. The van der Waals surface area contributed by atoms with Gasteiger partial charge in [0.1, 0.15) is 0 Å². The molecular weight excluding hydrogens is 282 g/mol. The number of thioether (sulfide) groups is 1. The van der Waals surface area contributed by atoms with Crippen LogP contribution in [0.2, 0.25) is 0 Å². The van der Waals surface area contributed by atoms with Crippen LogP contribution in [-0.4, -0.2) is 38.6 Å². The predicted octanol–water partition coefficient (Wildman–Crippen LogP) is 3.44. The lowest BCUT2D eigenvalue weighted by atomic mass is 9.98. The molecule has 1 N–H and O–H groups in total. The molecule has 0 spiro atoms. The summed E-state index contributed by atoms with van der Waals surface area (Å²) in [6, 6.07) is 8.65. The van der Waals surface area contributed by atoms with Gasteiger partial charge in [0.05, 0.1) is 16.8 Å². The number of rotatable bonds is 3. The number of para-hydroxylation sites is 2. The van der Waals surface area contributed by atoms with E-state index in [9.17, 15) is 4.79 Å². The monoisotopic (exact) mass is 303 g/mol. The molecule has 1 aliphatic rings. The molecule has 1 saturated heterocycles. The SMILES string of the molecule is C[C@@H]1CCC[C@@H](C)N1C(=O)CSc1nc2ccccc2[nH]1. The molecule has 21 heavy (non-hydrogen) atoms. The number of piperidine rings is 1. The van der Waals surface area contributed by atoms with Gasteiger partial charge in [0.15, 0.2) is 5.16 Å². The third-order valence-corrected chi connectivity index (χ3v) is 5.04. The first-order valence-corrected chi connectivity index (χ1v) is 8.52. The number of likely N-dealkylation sites (tertiary alicyclic amines) is 1. The van der Waals surface area contributed by atoms with Crippen molar-refractivity contribution in [2.45, 2.75) is 50.4 Å². The molecule has 1 aliphatic heterocycles. The predicted molar refractivity (Wildman–Crippen MR) is 86.4 cm³/mol. The number of carbonyl (C=O) groups excluding carboxylic acids is 1. The quantitative estimate of drug-likeness (QED) is 0.884. The molecule has 1 aromatic heterocycles. The van der Waals surface area contributed by atoms with E-state index in [1.165, 1.54) is 18.2 Å². The van der Waals surface area contributed by atoms with Crippen LogP contribution in [0.3, 0.4) is 0 Å². The second-order valence-electron chi connectivity index (χ2n) is 5.78. The number of amides is 1. The standard InChI is InChI=1S/C16H21N3OS/c1-11-6-5-7-12(2)19(11)15(20)10-21-16-17-13-8-3-4-9-14(13)18-16/h3-4,8-9,11-12H,5-7,10H2,1-2H3,(H,17,18)/t11-,12-/m1/s1. The highest BCUT2D eigenvalue weighted by atomic mass is 32.2. The van der Waals surface area contributed by atoms with Crippen LogP contribution in [0.1, 0.15) is 33.1 Å². The minimum Gasteiger partial charge on any atom is -0.337 e. The van der Waals surface area contributed by atoms with Crippen molar-refractivity contribution in [1.82, 2.24) is 14.9 Å². The number of hydrogen-bond acceptors (Lipinski definition) is 3. The Balaban J connectivity index is 1.65. The lowest BCUT2D eigenvalue weighted by Gasteiger charge is -2.39. The van der Waals surface area contributed by atoms with Crippen LogP contribution in [0.25, 0.3) is 11.0 Å². The van der Waals surface area contributed by atoms with Crippen LogP contribution in [0, 0.1) is 0 Å². The summed E-state index contributed by atoms with van der Waals surface area (Å²) in [5, 5.41) is 0.821. The highest BCUT2D eigenvalue weighted by Crippen LogP contribution is 2.25. The van der Waals surface area contributed by atoms with Gasteiger partial charge in [0.2, 0.25) is 5.91 Å². The number of nitrogens with zero attached hydrogens (tertiary/aromatic N) is 2. The van der Waals surface area contributed by atoms with Gasteiger partial charge in [0, 0.05) is 12.1 Å². The normalized spacial score (nSPS) is 22.7. The van der Waals surface area contributed by atoms with E-state index in [0.717, 1.165) is 29.0 Å². The van der Waals surface area contributed by atoms with E-state index >= 15 is 0 Å². The Morgan fingerprint density at radius 2 is 2.05 bits per heavy atom. The summed E-state index contributed by atoms with van der Waals surface area (Å²) in [6.07, 6.45) is 3.46. The van der Waals surface area contributed by atoms with Crippen molar-refractivity contribution in [1.29, 1.82) is 0 Å². The fourth-order valence-electron chi connectivity index (χ4n) is 3.12. The van der Waals surface area contributed by atoms with Gasteiger partial charge in [-0.05, 0) is 45.2 Å². The lowest BCUT2D eigenvalue weighted by Crippen LogP contribution is -2.48. The molecule has 4 nitrogen and oxygen atoms in total. The zero-order valence-electron chi connectivity index (χ0n) is 12.5. The van der Waals surface area contributed by atoms with Crippen LogP contribution in [-0.2, 0) is 4.79 Å². The first-order valence-electron chi connectivity index (χ1n) is 7.54. The summed E-state index contributed by atoms with van der Waals surface area (Å²) in [4.78, 5) is 22.3. The van der Waals surface area contributed by atoms with E-state index < -0.39 is 0 Å². The van der Waals surface area contributed by atoms with E-state index in [2.05, 4.69) is 28.7 Å². The molecule has 1 fully saturated rings. The zero-order chi connectivity index (χ0) is 14.8. The van der Waals surface area contributed by atoms with Crippen molar-refractivity contribution < 1.29 is 4.79 Å². The van der Waals surface area contributed by atoms with Gasteiger partial charge >= 0.3 is 0 Å². The molecule has 2 aromatic rings. The molecule has 1 aromatic carbocycles. The van der Waals surface area contributed by atoms with E-state index in [0.29, 0.717) is 17.8 Å². The number of H-pyrrole nitrogens is 1. The number of hydrogen-bond donors (Lipinski definition) is 1. The maximum absolute atomic E-state index is 12.5. The van der Waals surface area contributed by atoms with Crippen LogP contribution in [0.15, 0.2) is 29.4 Å². The molecule has 0 bridgehead atoms. The van der Waals surface area contributed by atoms with Gasteiger partial charge < -0.3 is 9.88 Å². The van der Waals surface area contributed by atoms with Crippen LogP contribution in [0.5, 0.6) is 0 Å². The molecule has 0 saturated carbocycles. The Hall–Kier alpha value is -1.49. The minimum atomic E-state index is 0.222. The van der Waals surface area contributed by atoms with E-state index in [1.54, 1.807) is 0 Å². The van der Waals surface area contributed by atoms with Crippen molar-refractivity contribution in [3.8, 4) is 0 Å². The fourth-order valence-corrected chi connectivity index (χ4v) is 3.87. The van der Waals surface area contributed by atoms with Gasteiger partial charge in [-0.25, -0.2) is 4.98 Å². The molecule has 112 valence electrons.